The quantitative estimate of drug-likeness (QED) is 0.909. The fourth-order valence-electron chi connectivity index (χ4n) is 1.66. The topological polar surface area (TPSA) is 46.5 Å². The predicted octanol–water partition coefficient (Wildman–Crippen LogP) is 3.86. The molecule has 0 bridgehead atoms. The van der Waals surface area contributed by atoms with Crippen LogP contribution in [0.3, 0.4) is 0 Å². The minimum atomic E-state index is -0.915. The number of carbonyl (C=O) groups is 1. The molecule has 0 atom stereocenters. The number of rotatable bonds is 5. The van der Waals surface area contributed by atoms with Gasteiger partial charge in [0, 0.05) is 4.47 Å². The van der Waals surface area contributed by atoms with Crippen molar-refractivity contribution in [2.75, 3.05) is 0 Å². The summed E-state index contributed by atoms with van der Waals surface area (Å²) in [7, 11) is 0. The van der Waals surface area contributed by atoms with E-state index in [1.54, 1.807) is 24.3 Å². The average Bonchev–Trinajstić information content (AvgIpc) is 2.39. The summed E-state index contributed by atoms with van der Waals surface area (Å²) in [4.78, 5) is 10.7. The smallest absolute Gasteiger partial charge is 0.335 e. The summed E-state index contributed by atoms with van der Waals surface area (Å²) < 4.78 is 6.62. The molecular formula is C15H13BrO3. The van der Waals surface area contributed by atoms with E-state index >= 15 is 0 Å². The van der Waals surface area contributed by atoms with Gasteiger partial charge in [0.1, 0.15) is 0 Å². The Hall–Kier alpha value is -1.65. The maximum Gasteiger partial charge on any atom is 0.335 e. The Kier molecular flexibility index (Phi) is 4.71. The summed E-state index contributed by atoms with van der Waals surface area (Å²) >= 11 is 3.41. The lowest BCUT2D eigenvalue weighted by Crippen LogP contribution is -1.98. The third-order valence-corrected chi connectivity index (χ3v) is 3.12. The first-order valence-corrected chi connectivity index (χ1v) is 6.59. The van der Waals surface area contributed by atoms with Gasteiger partial charge >= 0.3 is 5.97 Å². The Morgan fingerprint density at radius 1 is 1.05 bits per heavy atom. The molecular weight excluding hydrogens is 308 g/mol. The van der Waals surface area contributed by atoms with E-state index in [0.29, 0.717) is 13.2 Å². The highest BCUT2D eigenvalue weighted by Crippen LogP contribution is 2.13. The molecule has 1 N–H and O–H groups in total. The molecule has 0 amide bonds. The largest absolute Gasteiger partial charge is 0.478 e. The average molecular weight is 321 g/mol. The molecule has 2 rings (SSSR count). The molecule has 0 aliphatic rings. The van der Waals surface area contributed by atoms with Crippen molar-refractivity contribution in [3.8, 4) is 0 Å². The van der Waals surface area contributed by atoms with E-state index in [9.17, 15) is 4.79 Å². The molecule has 0 unspecified atom stereocenters. The first-order valence-electron chi connectivity index (χ1n) is 5.79. The van der Waals surface area contributed by atoms with Crippen LogP contribution >= 0.6 is 15.9 Å². The molecule has 0 aromatic heterocycles. The van der Waals surface area contributed by atoms with E-state index in [1.165, 1.54) is 0 Å². The van der Waals surface area contributed by atoms with E-state index in [4.69, 9.17) is 9.84 Å². The minimum Gasteiger partial charge on any atom is -0.478 e. The molecule has 98 valence electrons. The third-order valence-electron chi connectivity index (χ3n) is 2.63. The molecule has 4 heteroatoms. The van der Waals surface area contributed by atoms with Gasteiger partial charge in [0.25, 0.3) is 0 Å². The van der Waals surface area contributed by atoms with Gasteiger partial charge in [0.05, 0.1) is 18.8 Å². The third kappa shape index (κ3) is 4.19. The Morgan fingerprint density at radius 2 is 1.74 bits per heavy atom. The van der Waals surface area contributed by atoms with Crippen LogP contribution < -0.4 is 0 Å². The van der Waals surface area contributed by atoms with Gasteiger partial charge in [-0.1, -0.05) is 40.2 Å². The number of halogens is 1. The van der Waals surface area contributed by atoms with Crippen molar-refractivity contribution < 1.29 is 14.6 Å². The molecule has 2 aromatic rings. The molecule has 3 nitrogen and oxygen atoms in total. The fourth-order valence-corrected chi connectivity index (χ4v) is 2.10. The van der Waals surface area contributed by atoms with Crippen molar-refractivity contribution in [1.29, 1.82) is 0 Å². The van der Waals surface area contributed by atoms with Gasteiger partial charge in [-0.25, -0.2) is 4.79 Å². The maximum atomic E-state index is 10.7. The number of hydrogen-bond donors (Lipinski definition) is 1. The number of hydrogen-bond acceptors (Lipinski definition) is 2. The highest BCUT2D eigenvalue weighted by Gasteiger charge is 2.02. The van der Waals surface area contributed by atoms with Crippen LogP contribution in [0.1, 0.15) is 21.5 Å². The summed E-state index contributed by atoms with van der Waals surface area (Å²) in [6.07, 6.45) is 0. The number of ether oxygens (including phenoxy) is 1. The summed E-state index contributed by atoms with van der Waals surface area (Å²) in [5.41, 5.74) is 2.34. The normalized spacial score (nSPS) is 10.4. The molecule has 2 aromatic carbocycles. The molecule has 0 radical (unpaired) electrons. The second kappa shape index (κ2) is 6.50. The molecule has 0 spiro atoms. The van der Waals surface area contributed by atoms with E-state index in [0.717, 1.165) is 15.6 Å². The molecule has 0 saturated heterocycles. The van der Waals surface area contributed by atoms with Crippen molar-refractivity contribution >= 4 is 21.9 Å². The second-order valence-electron chi connectivity index (χ2n) is 4.12. The van der Waals surface area contributed by atoms with E-state index in [1.807, 2.05) is 24.3 Å². The van der Waals surface area contributed by atoms with Gasteiger partial charge in [0.15, 0.2) is 0 Å². The SMILES string of the molecule is O=C(O)c1ccc(COCc2cccc(Br)c2)cc1. The lowest BCUT2D eigenvalue weighted by Gasteiger charge is -2.05. The summed E-state index contributed by atoms with van der Waals surface area (Å²) in [6, 6.07) is 14.6. The predicted molar refractivity (Wildman–Crippen MR) is 76.0 cm³/mol. The molecule has 0 aliphatic carbocycles. The Bertz CT molecular complexity index is 564. The number of carboxylic acid groups (broad SMARTS) is 1. The van der Waals surface area contributed by atoms with Gasteiger partial charge in [0.2, 0.25) is 0 Å². The van der Waals surface area contributed by atoms with Gasteiger partial charge in [-0.2, -0.15) is 0 Å². The van der Waals surface area contributed by atoms with Gasteiger partial charge in [-0.15, -0.1) is 0 Å². The number of benzene rings is 2. The first-order chi connectivity index (χ1) is 9.15. The molecule has 0 fully saturated rings. The minimum absolute atomic E-state index is 0.288. The van der Waals surface area contributed by atoms with E-state index in [-0.39, 0.29) is 5.56 Å². The zero-order valence-corrected chi connectivity index (χ0v) is 11.8. The van der Waals surface area contributed by atoms with Crippen LogP contribution in [0.5, 0.6) is 0 Å². The van der Waals surface area contributed by atoms with Crippen LogP contribution in [0, 0.1) is 0 Å². The summed E-state index contributed by atoms with van der Waals surface area (Å²) in [5, 5.41) is 8.79. The first kappa shape index (κ1) is 13.8. The highest BCUT2D eigenvalue weighted by molar-refractivity contribution is 9.10. The van der Waals surface area contributed by atoms with Crippen molar-refractivity contribution in [2.45, 2.75) is 13.2 Å². The van der Waals surface area contributed by atoms with Gasteiger partial charge in [-0.3, -0.25) is 0 Å². The molecule has 19 heavy (non-hydrogen) atoms. The molecule has 0 heterocycles. The van der Waals surface area contributed by atoms with Crippen molar-refractivity contribution in [3.05, 3.63) is 69.7 Å². The highest BCUT2D eigenvalue weighted by atomic mass is 79.9. The second-order valence-corrected chi connectivity index (χ2v) is 5.04. The summed E-state index contributed by atoms with van der Waals surface area (Å²) in [6.45, 7) is 0.993. The monoisotopic (exact) mass is 320 g/mol. The lowest BCUT2D eigenvalue weighted by atomic mass is 10.1. The summed E-state index contributed by atoms with van der Waals surface area (Å²) in [5.74, 6) is -0.915. The van der Waals surface area contributed by atoms with Crippen LogP contribution in [0.2, 0.25) is 0 Å². The zero-order valence-electron chi connectivity index (χ0n) is 10.2. The van der Waals surface area contributed by atoms with Crippen molar-refractivity contribution in [3.63, 3.8) is 0 Å². The van der Waals surface area contributed by atoms with Crippen LogP contribution in [0.15, 0.2) is 53.0 Å². The van der Waals surface area contributed by atoms with Crippen LogP contribution in [0.25, 0.3) is 0 Å². The standard InChI is InChI=1S/C15H13BrO3/c16-14-3-1-2-12(8-14)10-19-9-11-4-6-13(7-5-11)15(17)18/h1-8H,9-10H2,(H,17,18). The van der Waals surface area contributed by atoms with E-state index in [2.05, 4.69) is 15.9 Å². The molecule has 0 saturated carbocycles. The van der Waals surface area contributed by atoms with Gasteiger partial charge < -0.3 is 9.84 Å². The number of carboxylic acids is 1. The fraction of sp³-hybridized carbons (Fsp3) is 0.133. The van der Waals surface area contributed by atoms with E-state index < -0.39 is 5.97 Å². The van der Waals surface area contributed by atoms with Crippen molar-refractivity contribution in [1.82, 2.24) is 0 Å². The van der Waals surface area contributed by atoms with Gasteiger partial charge in [-0.05, 0) is 35.4 Å². The lowest BCUT2D eigenvalue weighted by molar-refractivity contribution is 0.0696. The Morgan fingerprint density at radius 3 is 2.37 bits per heavy atom. The van der Waals surface area contributed by atoms with Crippen LogP contribution in [-0.4, -0.2) is 11.1 Å². The Balaban J connectivity index is 1.87. The zero-order chi connectivity index (χ0) is 13.7. The maximum absolute atomic E-state index is 10.7. The molecule has 0 aliphatic heterocycles. The van der Waals surface area contributed by atoms with Crippen molar-refractivity contribution in [2.24, 2.45) is 0 Å². The van der Waals surface area contributed by atoms with Crippen LogP contribution in [0.4, 0.5) is 0 Å². The Labute approximate surface area is 120 Å². The number of aromatic carboxylic acids is 1. The van der Waals surface area contributed by atoms with Crippen LogP contribution in [-0.2, 0) is 18.0 Å².